The summed E-state index contributed by atoms with van der Waals surface area (Å²) >= 11 is 1.31. The van der Waals surface area contributed by atoms with Gasteiger partial charge in [0.15, 0.2) is 5.12 Å². The largest absolute Gasteiger partial charge is 0.466 e. The molecule has 58 heavy (non-hydrogen) atoms. The maximum atomic E-state index is 14.2. The molecule has 0 radical (unpaired) electrons. The van der Waals surface area contributed by atoms with Gasteiger partial charge in [-0.25, -0.2) is 9.59 Å². The average molecular weight is 822 g/mol. The molecule has 1 amide bonds. The van der Waals surface area contributed by atoms with E-state index in [0.29, 0.717) is 25.2 Å². The number of nitrogens with one attached hydrogen (secondary N) is 1. The smallest absolute Gasteiger partial charge is 0.407 e. The van der Waals surface area contributed by atoms with Crippen molar-refractivity contribution in [2.75, 3.05) is 19.0 Å². The first kappa shape index (κ1) is 44.4. The van der Waals surface area contributed by atoms with E-state index in [4.69, 9.17) is 14.2 Å². The van der Waals surface area contributed by atoms with Crippen molar-refractivity contribution in [2.24, 2.45) is 0 Å². The lowest BCUT2D eigenvalue weighted by atomic mass is 9.98. The van der Waals surface area contributed by atoms with Gasteiger partial charge in [-0.15, -0.1) is 0 Å². The summed E-state index contributed by atoms with van der Waals surface area (Å²) < 4.78 is 17.5. The van der Waals surface area contributed by atoms with Crippen LogP contribution in [0, 0.1) is 0 Å². The first-order valence-corrected chi connectivity index (χ1v) is 25.5. The van der Waals surface area contributed by atoms with Crippen molar-refractivity contribution >= 4 is 53.8 Å². The Morgan fingerprint density at radius 2 is 1.48 bits per heavy atom. The number of fused-ring (bicyclic) bond motifs is 4. The van der Waals surface area contributed by atoms with Crippen LogP contribution in [0.15, 0.2) is 103 Å². The minimum Gasteiger partial charge on any atom is -0.466 e. The lowest BCUT2D eigenvalue weighted by Crippen LogP contribution is -2.45. The minimum absolute atomic E-state index is 0.0872. The van der Waals surface area contributed by atoms with Crippen LogP contribution in [0.3, 0.4) is 0 Å². The van der Waals surface area contributed by atoms with Gasteiger partial charge in [-0.05, 0) is 63.6 Å². The number of carbonyl (C=O) groups is 4. The number of amides is 1. The van der Waals surface area contributed by atoms with Gasteiger partial charge in [-0.1, -0.05) is 161 Å². The van der Waals surface area contributed by atoms with E-state index in [1.54, 1.807) is 6.08 Å². The number of ether oxygens (including phenoxy) is 3. The lowest BCUT2D eigenvalue weighted by Gasteiger charge is -2.22. The van der Waals surface area contributed by atoms with Crippen molar-refractivity contribution in [1.82, 2.24) is 5.32 Å². The average Bonchev–Trinajstić information content (AvgIpc) is 3.52. The molecule has 4 aromatic rings. The van der Waals surface area contributed by atoms with E-state index in [1.165, 1.54) is 24.6 Å². The zero-order valence-corrected chi connectivity index (χ0v) is 36.3. The summed E-state index contributed by atoms with van der Waals surface area (Å²) in [5, 5.41) is 4.95. The molecule has 1 N–H and O–H groups in total. The van der Waals surface area contributed by atoms with Gasteiger partial charge < -0.3 is 19.5 Å². The molecule has 1 aliphatic rings. The standard InChI is InChI=1S/C48H59NO7SSi/c1-5-6-7-8-9-28-46(51)57-30-17-16-22-37(33-45(50)54-29-31-58(2,3)4)56-47(52)44(32-36-21-18-20-35-19-10-11-23-38(35)36)49-48(53)55-34-43-41-26-14-12-24-39(41)40-25-13-15-27-42(40)43/h10-16,18-27,37,43-44H,5-9,17,28-34H2,1-4H3,(H,49,53)/b22-16+/t37-,44+/m1/s1. The van der Waals surface area contributed by atoms with Crippen LogP contribution in [-0.4, -0.2) is 62.3 Å². The van der Waals surface area contributed by atoms with Gasteiger partial charge >= 0.3 is 18.0 Å². The number of alkyl carbamates (subject to hydrolysis) is 1. The molecule has 0 saturated carbocycles. The van der Waals surface area contributed by atoms with Crippen molar-refractivity contribution in [3.05, 3.63) is 120 Å². The van der Waals surface area contributed by atoms with Gasteiger partial charge in [0.2, 0.25) is 0 Å². The predicted molar refractivity (Wildman–Crippen MR) is 238 cm³/mol. The molecule has 0 bridgehead atoms. The lowest BCUT2D eigenvalue weighted by molar-refractivity contribution is -0.154. The van der Waals surface area contributed by atoms with Crippen molar-refractivity contribution in [3.63, 3.8) is 0 Å². The molecule has 0 unspecified atom stereocenters. The summed E-state index contributed by atoms with van der Waals surface area (Å²) in [5.41, 5.74) is 5.25. The molecule has 2 atom stereocenters. The molecular formula is C48H59NO7SSi. The van der Waals surface area contributed by atoms with Crippen LogP contribution in [-0.2, 0) is 35.0 Å². The topological polar surface area (TPSA) is 108 Å². The molecule has 1 aliphatic carbocycles. The number of hydrogen-bond acceptors (Lipinski definition) is 8. The summed E-state index contributed by atoms with van der Waals surface area (Å²) in [6.45, 7) is 9.20. The van der Waals surface area contributed by atoms with Crippen LogP contribution in [0.4, 0.5) is 4.79 Å². The highest BCUT2D eigenvalue weighted by Gasteiger charge is 2.31. The molecular weight excluding hydrogens is 763 g/mol. The molecule has 0 saturated heterocycles. The second kappa shape index (κ2) is 22.5. The summed E-state index contributed by atoms with van der Waals surface area (Å²) in [6, 6.07) is 29.6. The third-order valence-corrected chi connectivity index (χ3v) is 13.0. The molecule has 0 spiro atoms. The number of benzene rings is 4. The van der Waals surface area contributed by atoms with Crippen LogP contribution in [0.25, 0.3) is 21.9 Å². The Kier molecular flexibility index (Phi) is 17.2. The van der Waals surface area contributed by atoms with Gasteiger partial charge in [0.05, 0.1) is 13.0 Å². The molecule has 4 aromatic carbocycles. The number of hydrogen-bond donors (Lipinski definition) is 1. The van der Waals surface area contributed by atoms with Gasteiger partial charge in [0, 0.05) is 32.6 Å². The highest BCUT2D eigenvalue weighted by Crippen LogP contribution is 2.44. The summed E-state index contributed by atoms with van der Waals surface area (Å²) in [6.07, 6.45) is 8.43. The normalized spacial score (nSPS) is 13.4. The number of unbranched alkanes of at least 4 members (excludes halogenated alkanes) is 4. The Morgan fingerprint density at radius 3 is 2.21 bits per heavy atom. The van der Waals surface area contributed by atoms with E-state index < -0.39 is 38.3 Å². The van der Waals surface area contributed by atoms with Gasteiger partial charge in [-0.2, -0.15) is 0 Å². The molecule has 308 valence electrons. The van der Waals surface area contributed by atoms with E-state index >= 15 is 0 Å². The van der Waals surface area contributed by atoms with Gasteiger partial charge in [-0.3, -0.25) is 9.59 Å². The number of carbonyl (C=O) groups excluding carboxylic acids is 4. The fourth-order valence-electron chi connectivity index (χ4n) is 7.17. The quantitative estimate of drug-likeness (QED) is 0.0274. The second-order valence-electron chi connectivity index (χ2n) is 16.2. The zero-order valence-electron chi connectivity index (χ0n) is 34.5. The Hall–Kier alpha value is -4.67. The zero-order chi connectivity index (χ0) is 41.3. The second-order valence-corrected chi connectivity index (χ2v) is 23.0. The molecule has 10 heteroatoms. The van der Waals surface area contributed by atoms with Crippen LogP contribution >= 0.6 is 11.8 Å². The van der Waals surface area contributed by atoms with E-state index in [9.17, 15) is 19.2 Å². The maximum Gasteiger partial charge on any atom is 0.407 e. The van der Waals surface area contributed by atoms with Gasteiger partial charge in [0.25, 0.3) is 0 Å². The molecule has 8 nitrogen and oxygen atoms in total. The number of esters is 2. The summed E-state index contributed by atoms with van der Waals surface area (Å²) in [4.78, 5) is 53.3. The van der Waals surface area contributed by atoms with Crippen LogP contribution < -0.4 is 5.32 Å². The maximum absolute atomic E-state index is 14.2. The van der Waals surface area contributed by atoms with Crippen molar-refractivity contribution < 1.29 is 33.4 Å². The predicted octanol–water partition coefficient (Wildman–Crippen LogP) is 11.0. The Bertz CT molecular complexity index is 1970. The summed E-state index contributed by atoms with van der Waals surface area (Å²) in [7, 11) is -1.44. The third kappa shape index (κ3) is 13.7. The molecule has 0 fully saturated rings. The Labute approximate surface area is 349 Å². The summed E-state index contributed by atoms with van der Waals surface area (Å²) in [5.74, 6) is -0.733. The van der Waals surface area contributed by atoms with Crippen LogP contribution in [0.1, 0.15) is 80.9 Å². The third-order valence-electron chi connectivity index (χ3n) is 10.4. The van der Waals surface area contributed by atoms with E-state index in [-0.39, 0.29) is 30.5 Å². The van der Waals surface area contributed by atoms with E-state index in [0.717, 1.165) is 63.9 Å². The first-order valence-electron chi connectivity index (χ1n) is 20.8. The number of allylic oxidation sites excluding steroid dienone is 1. The molecule has 0 aliphatic heterocycles. The molecule has 0 aromatic heterocycles. The van der Waals surface area contributed by atoms with Crippen molar-refractivity contribution in [3.8, 4) is 11.1 Å². The first-order chi connectivity index (χ1) is 28.0. The fraction of sp³-hybridized carbons (Fsp3) is 0.417. The van der Waals surface area contributed by atoms with Crippen LogP contribution in [0.5, 0.6) is 0 Å². The highest BCUT2D eigenvalue weighted by atomic mass is 32.2. The minimum atomic E-state index is -1.44. The van der Waals surface area contributed by atoms with Crippen LogP contribution in [0.2, 0.25) is 25.7 Å². The monoisotopic (exact) mass is 821 g/mol. The van der Waals surface area contributed by atoms with Gasteiger partial charge in [0.1, 0.15) is 18.8 Å². The molecule has 5 rings (SSSR count). The molecule has 0 heterocycles. The van der Waals surface area contributed by atoms with Crippen molar-refractivity contribution in [1.29, 1.82) is 0 Å². The fourth-order valence-corrected chi connectivity index (χ4v) is 8.66. The van der Waals surface area contributed by atoms with E-state index in [2.05, 4.69) is 56.1 Å². The van der Waals surface area contributed by atoms with Crippen molar-refractivity contribution in [2.45, 2.75) is 108 Å². The van der Waals surface area contributed by atoms with E-state index in [1.807, 2.05) is 72.8 Å². The number of rotatable bonds is 22. The SMILES string of the molecule is CCCCCCCC(=O)SCC/C=C/[C@H](CC(=O)OCC[Si](C)(C)C)OC(=O)[C@H](Cc1cccc2ccccc12)NC(=O)OCC1c2ccccc2-c2ccccc21. The highest BCUT2D eigenvalue weighted by molar-refractivity contribution is 8.13. The number of thioether (sulfide) groups is 1. The Balaban J connectivity index is 1.28. The Morgan fingerprint density at radius 1 is 0.810 bits per heavy atom.